The van der Waals surface area contributed by atoms with Gasteiger partial charge in [0, 0.05) is 0 Å². The first-order chi connectivity index (χ1) is 4.13. The predicted molar refractivity (Wildman–Crippen MR) is 31.7 cm³/mol. The molecule has 1 heterocycles. The standard InChI is InChI=1S/C6H10O3/c1-3-5(7)6(8)4(2)9-3/h4-8H,1H2,2H3/t4-,5+,6-/m0/s1. The lowest BCUT2D eigenvalue weighted by atomic mass is 10.1. The summed E-state index contributed by atoms with van der Waals surface area (Å²) in [7, 11) is 0. The van der Waals surface area contributed by atoms with Gasteiger partial charge in [0.2, 0.25) is 0 Å². The maximum absolute atomic E-state index is 9.00. The van der Waals surface area contributed by atoms with Crippen LogP contribution in [0.15, 0.2) is 12.3 Å². The zero-order valence-corrected chi connectivity index (χ0v) is 5.24. The van der Waals surface area contributed by atoms with E-state index in [2.05, 4.69) is 6.58 Å². The van der Waals surface area contributed by atoms with Crippen LogP contribution in [0.2, 0.25) is 0 Å². The number of rotatable bonds is 0. The Bertz CT molecular complexity index is 132. The normalized spacial score (nSPS) is 43.0. The van der Waals surface area contributed by atoms with Crippen molar-refractivity contribution in [3.05, 3.63) is 12.3 Å². The number of ether oxygens (including phenoxy) is 1. The van der Waals surface area contributed by atoms with E-state index in [4.69, 9.17) is 14.9 Å². The highest BCUT2D eigenvalue weighted by molar-refractivity contribution is 5.04. The molecule has 0 spiro atoms. The summed E-state index contributed by atoms with van der Waals surface area (Å²) in [5.74, 6) is 0.259. The molecular formula is C6H10O3. The zero-order chi connectivity index (χ0) is 7.02. The number of hydrogen-bond acceptors (Lipinski definition) is 3. The predicted octanol–water partition coefficient (Wildman–Crippen LogP) is -0.359. The average Bonchev–Trinajstić information content (AvgIpc) is 1.98. The van der Waals surface area contributed by atoms with Crippen molar-refractivity contribution in [1.29, 1.82) is 0 Å². The molecule has 2 N–H and O–H groups in total. The van der Waals surface area contributed by atoms with E-state index >= 15 is 0 Å². The first-order valence-electron chi connectivity index (χ1n) is 2.84. The summed E-state index contributed by atoms with van der Waals surface area (Å²) < 4.78 is 4.89. The van der Waals surface area contributed by atoms with Gasteiger partial charge in [-0.15, -0.1) is 0 Å². The summed E-state index contributed by atoms with van der Waals surface area (Å²) in [5, 5.41) is 18.0. The monoisotopic (exact) mass is 130 g/mol. The molecule has 0 unspecified atom stereocenters. The van der Waals surface area contributed by atoms with Crippen molar-refractivity contribution in [1.82, 2.24) is 0 Å². The Morgan fingerprint density at radius 1 is 1.56 bits per heavy atom. The Morgan fingerprint density at radius 3 is 2.22 bits per heavy atom. The lowest BCUT2D eigenvalue weighted by molar-refractivity contribution is 0.0318. The van der Waals surface area contributed by atoms with E-state index in [0.29, 0.717) is 0 Å². The van der Waals surface area contributed by atoms with Crippen LogP contribution in [-0.4, -0.2) is 28.5 Å². The molecule has 1 fully saturated rings. The fraction of sp³-hybridized carbons (Fsp3) is 0.667. The van der Waals surface area contributed by atoms with Gasteiger partial charge in [0.05, 0.1) is 0 Å². The molecule has 0 aliphatic carbocycles. The molecule has 0 aromatic heterocycles. The van der Waals surface area contributed by atoms with Crippen molar-refractivity contribution in [3.8, 4) is 0 Å². The highest BCUT2D eigenvalue weighted by Crippen LogP contribution is 2.21. The van der Waals surface area contributed by atoms with E-state index in [0.717, 1.165) is 0 Å². The fourth-order valence-electron chi connectivity index (χ4n) is 0.825. The average molecular weight is 130 g/mol. The van der Waals surface area contributed by atoms with Crippen LogP contribution in [0.4, 0.5) is 0 Å². The molecule has 3 heteroatoms. The van der Waals surface area contributed by atoms with Gasteiger partial charge in [0.1, 0.15) is 24.1 Å². The van der Waals surface area contributed by atoms with E-state index < -0.39 is 12.2 Å². The topological polar surface area (TPSA) is 49.7 Å². The maximum atomic E-state index is 9.00. The first-order valence-corrected chi connectivity index (χ1v) is 2.84. The molecule has 3 atom stereocenters. The Balaban J connectivity index is 2.65. The molecule has 1 aliphatic heterocycles. The molecule has 52 valence electrons. The summed E-state index contributed by atoms with van der Waals surface area (Å²) in [6.45, 7) is 5.09. The van der Waals surface area contributed by atoms with Gasteiger partial charge in [-0.1, -0.05) is 6.58 Å². The third-order valence-electron chi connectivity index (χ3n) is 1.47. The van der Waals surface area contributed by atoms with Crippen molar-refractivity contribution in [3.63, 3.8) is 0 Å². The van der Waals surface area contributed by atoms with Gasteiger partial charge in [-0.25, -0.2) is 0 Å². The summed E-state index contributed by atoms with van der Waals surface area (Å²) in [4.78, 5) is 0. The van der Waals surface area contributed by atoms with E-state index in [1.54, 1.807) is 6.92 Å². The molecule has 0 aromatic rings. The molecule has 0 aromatic carbocycles. The quantitative estimate of drug-likeness (QED) is 0.471. The van der Waals surface area contributed by atoms with Crippen LogP contribution in [0, 0.1) is 0 Å². The highest BCUT2D eigenvalue weighted by Gasteiger charge is 2.34. The van der Waals surface area contributed by atoms with Crippen LogP contribution in [0.1, 0.15) is 6.92 Å². The molecule has 0 saturated carbocycles. The van der Waals surface area contributed by atoms with Crippen molar-refractivity contribution in [2.75, 3.05) is 0 Å². The zero-order valence-electron chi connectivity index (χ0n) is 5.24. The third kappa shape index (κ3) is 0.930. The van der Waals surface area contributed by atoms with Gasteiger partial charge >= 0.3 is 0 Å². The fourth-order valence-corrected chi connectivity index (χ4v) is 0.825. The third-order valence-corrected chi connectivity index (χ3v) is 1.47. The van der Waals surface area contributed by atoms with Gasteiger partial charge in [0.25, 0.3) is 0 Å². The second-order valence-electron chi connectivity index (χ2n) is 2.22. The van der Waals surface area contributed by atoms with E-state index in [-0.39, 0.29) is 11.9 Å². The Morgan fingerprint density at radius 2 is 2.11 bits per heavy atom. The summed E-state index contributed by atoms with van der Waals surface area (Å²) >= 11 is 0. The maximum Gasteiger partial charge on any atom is 0.140 e. The van der Waals surface area contributed by atoms with Crippen LogP contribution in [0.5, 0.6) is 0 Å². The molecule has 1 rings (SSSR count). The van der Waals surface area contributed by atoms with E-state index in [1.807, 2.05) is 0 Å². The van der Waals surface area contributed by atoms with Crippen LogP contribution in [0.25, 0.3) is 0 Å². The summed E-state index contributed by atoms with van der Waals surface area (Å²) in [6, 6.07) is 0. The molecule has 9 heavy (non-hydrogen) atoms. The Kier molecular flexibility index (Phi) is 1.47. The number of hydrogen-bond donors (Lipinski definition) is 2. The highest BCUT2D eigenvalue weighted by atomic mass is 16.5. The minimum absolute atomic E-state index is 0.259. The Labute approximate surface area is 53.6 Å². The van der Waals surface area contributed by atoms with Crippen LogP contribution in [-0.2, 0) is 4.74 Å². The molecule has 0 amide bonds. The molecule has 0 radical (unpaired) electrons. The first kappa shape index (κ1) is 6.58. The molecule has 1 saturated heterocycles. The minimum atomic E-state index is -0.903. The van der Waals surface area contributed by atoms with Crippen LogP contribution < -0.4 is 0 Å². The number of aliphatic hydroxyl groups excluding tert-OH is 2. The molecular weight excluding hydrogens is 120 g/mol. The molecule has 3 nitrogen and oxygen atoms in total. The lowest BCUT2D eigenvalue weighted by Gasteiger charge is -2.05. The smallest absolute Gasteiger partial charge is 0.140 e. The van der Waals surface area contributed by atoms with Gasteiger partial charge in [-0.3, -0.25) is 0 Å². The van der Waals surface area contributed by atoms with E-state index in [1.165, 1.54) is 0 Å². The molecule has 0 bridgehead atoms. The van der Waals surface area contributed by atoms with Crippen LogP contribution in [0.3, 0.4) is 0 Å². The summed E-state index contributed by atoms with van der Waals surface area (Å²) in [5.41, 5.74) is 0. The van der Waals surface area contributed by atoms with Crippen molar-refractivity contribution >= 4 is 0 Å². The van der Waals surface area contributed by atoms with Gasteiger partial charge in [-0.2, -0.15) is 0 Å². The minimum Gasteiger partial charge on any atom is -0.490 e. The van der Waals surface area contributed by atoms with Gasteiger partial charge in [0.15, 0.2) is 0 Å². The second kappa shape index (κ2) is 2.01. The lowest BCUT2D eigenvalue weighted by Crippen LogP contribution is -2.26. The second-order valence-corrected chi connectivity index (χ2v) is 2.22. The SMILES string of the molecule is C=C1O[C@@H](C)[C@H](O)[C@@H]1O. The van der Waals surface area contributed by atoms with Crippen molar-refractivity contribution in [2.45, 2.75) is 25.2 Å². The molecule has 1 aliphatic rings. The van der Waals surface area contributed by atoms with Gasteiger partial charge in [-0.05, 0) is 6.92 Å². The van der Waals surface area contributed by atoms with Crippen LogP contribution >= 0.6 is 0 Å². The number of aliphatic hydroxyl groups is 2. The van der Waals surface area contributed by atoms with Gasteiger partial charge < -0.3 is 14.9 Å². The van der Waals surface area contributed by atoms with Crippen molar-refractivity contribution < 1.29 is 14.9 Å². The Hall–Kier alpha value is -0.540. The summed E-state index contributed by atoms with van der Waals surface area (Å²) in [6.07, 6.45) is -2.04. The van der Waals surface area contributed by atoms with Crippen molar-refractivity contribution in [2.24, 2.45) is 0 Å². The van der Waals surface area contributed by atoms with E-state index in [9.17, 15) is 0 Å². The largest absolute Gasteiger partial charge is 0.490 e.